The first-order valence-corrected chi connectivity index (χ1v) is 10.2. The van der Waals surface area contributed by atoms with Crippen LogP contribution in [0.3, 0.4) is 0 Å². The molecular weight excluding hydrogens is 382 g/mol. The Morgan fingerprint density at radius 3 is 2.66 bits per heavy atom. The van der Waals surface area contributed by atoms with E-state index in [1.54, 1.807) is 6.20 Å². The second-order valence-electron chi connectivity index (χ2n) is 7.22. The van der Waals surface area contributed by atoms with Crippen LogP contribution in [0.1, 0.15) is 36.0 Å². The molecule has 6 heteroatoms. The summed E-state index contributed by atoms with van der Waals surface area (Å²) in [5.41, 5.74) is 5.61. The first-order chi connectivity index (χ1) is 14.2. The van der Waals surface area contributed by atoms with Gasteiger partial charge in [-0.3, -0.25) is 0 Å². The zero-order valence-electron chi connectivity index (χ0n) is 16.1. The number of aryl methyl sites for hydroxylation is 2. The molecule has 1 heterocycles. The number of anilines is 4. The van der Waals surface area contributed by atoms with Crippen molar-refractivity contribution in [3.05, 3.63) is 70.4 Å². The van der Waals surface area contributed by atoms with Crippen molar-refractivity contribution in [2.24, 2.45) is 0 Å². The quantitative estimate of drug-likeness (QED) is 0.514. The molecule has 0 spiro atoms. The third-order valence-electron chi connectivity index (χ3n) is 5.07. The Morgan fingerprint density at radius 1 is 0.966 bits per heavy atom. The summed E-state index contributed by atoms with van der Waals surface area (Å²) in [5.74, 6) is 1.01. The van der Waals surface area contributed by atoms with Gasteiger partial charge in [0.25, 0.3) is 0 Å². The second kappa shape index (κ2) is 8.93. The first-order valence-electron chi connectivity index (χ1n) is 9.85. The molecule has 1 aliphatic carbocycles. The van der Waals surface area contributed by atoms with E-state index in [2.05, 4.69) is 44.9 Å². The number of nitrogens with one attached hydrogen (secondary N) is 2. The molecule has 5 nitrogen and oxygen atoms in total. The fourth-order valence-corrected chi connectivity index (χ4v) is 3.76. The van der Waals surface area contributed by atoms with Crippen LogP contribution in [0.25, 0.3) is 0 Å². The smallest absolute Gasteiger partial charge is 0.229 e. The van der Waals surface area contributed by atoms with E-state index in [0.29, 0.717) is 23.2 Å². The summed E-state index contributed by atoms with van der Waals surface area (Å²) in [7, 11) is 0. The van der Waals surface area contributed by atoms with E-state index in [9.17, 15) is 0 Å². The Balaban J connectivity index is 1.53. The van der Waals surface area contributed by atoms with E-state index in [4.69, 9.17) is 16.9 Å². The van der Waals surface area contributed by atoms with Gasteiger partial charge in [0.15, 0.2) is 5.82 Å². The molecule has 0 saturated heterocycles. The third kappa shape index (κ3) is 4.85. The van der Waals surface area contributed by atoms with Gasteiger partial charge in [0, 0.05) is 11.4 Å². The third-order valence-corrected chi connectivity index (χ3v) is 5.35. The summed E-state index contributed by atoms with van der Waals surface area (Å²) >= 11 is 6.30. The van der Waals surface area contributed by atoms with Crippen LogP contribution in [0.5, 0.6) is 0 Å². The van der Waals surface area contributed by atoms with Crippen LogP contribution in [0.2, 0.25) is 5.02 Å². The van der Waals surface area contributed by atoms with Gasteiger partial charge < -0.3 is 10.6 Å². The summed E-state index contributed by atoms with van der Waals surface area (Å²) in [6, 6.07) is 16.3. The van der Waals surface area contributed by atoms with E-state index < -0.39 is 0 Å². The van der Waals surface area contributed by atoms with Gasteiger partial charge in [-0.15, -0.1) is 0 Å². The van der Waals surface area contributed by atoms with E-state index in [1.807, 2.05) is 24.3 Å². The molecule has 2 aromatic carbocycles. The predicted molar refractivity (Wildman–Crippen MR) is 117 cm³/mol. The maximum absolute atomic E-state index is 8.89. The Morgan fingerprint density at radius 2 is 1.79 bits per heavy atom. The molecule has 0 bridgehead atoms. The molecule has 3 aromatic rings. The highest BCUT2D eigenvalue weighted by Crippen LogP contribution is 2.27. The summed E-state index contributed by atoms with van der Waals surface area (Å²) in [4.78, 5) is 8.86. The largest absolute Gasteiger partial charge is 0.339 e. The molecule has 0 unspecified atom stereocenters. The molecule has 0 radical (unpaired) electrons. The average Bonchev–Trinajstić information content (AvgIpc) is 2.96. The van der Waals surface area contributed by atoms with Crippen molar-refractivity contribution in [1.82, 2.24) is 9.97 Å². The second-order valence-corrected chi connectivity index (χ2v) is 7.63. The van der Waals surface area contributed by atoms with E-state index in [0.717, 1.165) is 29.8 Å². The fraction of sp³-hybridized carbons (Fsp3) is 0.261. The SMILES string of the molecule is N#CCc1cccc(Nc2nc(Nc3ccc4c(c3)CCCCC4)ncc2Cl)c1. The Kier molecular flexibility index (Phi) is 5.92. The van der Waals surface area contributed by atoms with E-state index in [1.165, 1.54) is 30.4 Å². The van der Waals surface area contributed by atoms with Gasteiger partial charge in [-0.25, -0.2) is 4.98 Å². The number of fused-ring (bicyclic) bond motifs is 1. The molecule has 1 aromatic heterocycles. The standard InChI is InChI=1S/C23H22ClN5/c24-21-15-26-23(28-20-10-9-17-6-2-1-3-7-18(17)14-20)29-22(21)27-19-8-4-5-16(13-19)11-12-25/h4-5,8-10,13-15H,1-3,6-7,11H2,(H2,26,27,28,29). The highest BCUT2D eigenvalue weighted by Gasteiger charge is 2.11. The topological polar surface area (TPSA) is 73.6 Å². The van der Waals surface area contributed by atoms with Crippen molar-refractivity contribution in [1.29, 1.82) is 5.26 Å². The molecule has 0 fully saturated rings. The fourth-order valence-electron chi connectivity index (χ4n) is 3.62. The minimum absolute atomic E-state index is 0.359. The number of hydrogen-bond acceptors (Lipinski definition) is 5. The van der Waals surface area contributed by atoms with Gasteiger partial charge in [-0.2, -0.15) is 10.2 Å². The molecule has 4 rings (SSSR count). The van der Waals surface area contributed by atoms with Gasteiger partial charge in [0.2, 0.25) is 5.95 Å². The van der Waals surface area contributed by atoms with Crippen molar-refractivity contribution in [2.45, 2.75) is 38.5 Å². The van der Waals surface area contributed by atoms with E-state index in [-0.39, 0.29) is 0 Å². The Labute approximate surface area is 175 Å². The normalized spacial score (nSPS) is 13.1. The summed E-state index contributed by atoms with van der Waals surface area (Å²) in [5, 5.41) is 15.8. The average molecular weight is 404 g/mol. The van der Waals surface area contributed by atoms with Crippen molar-refractivity contribution < 1.29 is 0 Å². The number of rotatable bonds is 5. The Bertz CT molecular complexity index is 1060. The first kappa shape index (κ1) is 19.2. The van der Waals surface area contributed by atoms with Crippen LogP contribution in [0.15, 0.2) is 48.7 Å². The minimum Gasteiger partial charge on any atom is -0.339 e. The molecule has 0 saturated carbocycles. The number of hydrogen-bond donors (Lipinski definition) is 2. The zero-order valence-corrected chi connectivity index (χ0v) is 16.8. The summed E-state index contributed by atoms with van der Waals surface area (Å²) < 4.78 is 0. The van der Waals surface area contributed by atoms with Gasteiger partial charge in [0.1, 0.15) is 5.02 Å². The molecule has 0 aliphatic heterocycles. The lowest BCUT2D eigenvalue weighted by Gasteiger charge is -2.12. The monoisotopic (exact) mass is 403 g/mol. The van der Waals surface area contributed by atoms with Crippen LogP contribution in [0, 0.1) is 11.3 Å². The van der Waals surface area contributed by atoms with Gasteiger partial charge in [-0.1, -0.05) is 36.2 Å². The minimum atomic E-state index is 0.359. The highest BCUT2D eigenvalue weighted by molar-refractivity contribution is 6.32. The van der Waals surface area contributed by atoms with Crippen molar-refractivity contribution in [2.75, 3.05) is 10.6 Å². The number of nitrogens with zero attached hydrogens (tertiary/aromatic N) is 3. The lowest BCUT2D eigenvalue weighted by Crippen LogP contribution is -2.02. The molecule has 146 valence electrons. The predicted octanol–water partition coefficient (Wildman–Crippen LogP) is 5.95. The number of aromatic nitrogens is 2. The van der Waals surface area contributed by atoms with Gasteiger partial charge in [-0.05, 0) is 66.6 Å². The molecular formula is C23H22ClN5. The molecule has 29 heavy (non-hydrogen) atoms. The molecule has 0 amide bonds. The van der Waals surface area contributed by atoms with Crippen molar-refractivity contribution in [3.63, 3.8) is 0 Å². The zero-order chi connectivity index (χ0) is 20.1. The van der Waals surface area contributed by atoms with Crippen LogP contribution >= 0.6 is 11.6 Å². The summed E-state index contributed by atoms with van der Waals surface area (Å²) in [6.07, 6.45) is 8.03. The van der Waals surface area contributed by atoms with Crippen molar-refractivity contribution >= 4 is 34.7 Å². The van der Waals surface area contributed by atoms with Crippen LogP contribution in [0.4, 0.5) is 23.1 Å². The van der Waals surface area contributed by atoms with Crippen LogP contribution < -0.4 is 10.6 Å². The lowest BCUT2D eigenvalue weighted by atomic mass is 10.0. The Hall–Kier alpha value is -3.10. The number of halogens is 1. The lowest BCUT2D eigenvalue weighted by molar-refractivity contribution is 0.711. The molecule has 2 N–H and O–H groups in total. The van der Waals surface area contributed by atoms with Gasteiger partial charge in [0.05, 0.1) is 18.7 Å². The summed E-state index contributed by atoms with van der Waals surface area (Å²) in [6.45, 7) is 0. The van der Waals surface area contributed by atoms with Crippen LogP contribution in [-0.4, -0.2) is 9.97 Å². The van der Waals surface area contributed by atoms with Gasteiger partial charge >= 0.3 is 0 Å². The number of benzene rings is 2. The maximum Gasteiger partial charge on any atom is 0.229 e. The number of nitriles is 1. The van der Waals surface area contributed by atoms with E-state index >= 15 is 0 Å². The molecule has 0 atom stereocenters. The van der Waals surface area contributed by atoms with Crippen LogP contribution in [-0.2, 0) is 19.3 Å². The highest BCUT2D eigenvalue weighted by atomic mass is 35.5. The molecule has 1 aliphatic rings. The van der Waals surface area contributed by atoms with Crippen molar-refractivity contribution in [3.8, 4) is 6.07 Å². The maximum atomic E-state index is 8.89.